The van der Waals surface area contributed by atoms with Gasteiger partial charge in [0.15, 0.2) is 0 Å². The Kier molecular flexibility index (Phi) is 5.09. The number of nitrogens with zero attached hydrogens (tertiary/aromatic N) is 3. The number of β-amino-alcohol motifs (C(OH)–C–C–N with tert-alkyl or cyclic N) is 1. The Balaban J connectivity index is 1.29. The van der Waals surface area contributed by atoms with Crippen molar-refractivity contribution in [3.05, 3.63) is 71.8 Å². The molecule has 0 bridgehead atoms. The van der Waals surface area contributed by atoms with Crippen LogP contribution < -0.4 is 4.90 Å². The first-order chi connectivity index (χ1) is 14.6. The molecule has 2 amide bonds. The maximum absolute atomic E-state index is 13.3. The first kappa shape index (κ1) is 19.3. The summed E-state index contributed by atoms with van der Waals surface area (Å²) in [5.74, 6) is 0.591. The summed E-state index contributed by atoms with van der Waals surface area (Å²) in [6, 6.07) is 16.4. The van der Waals surface area contributed by atoms with E-state index in [9.17, 15) is 9.90 Å². The summed E-state index contributed by atoms with van der Waals surface area (Å²) < 4.78 is 0. The van der Waals surface area contributed by atoms with E-state index in [1.54, 1.807) is 4.90 Å². The van der Waals surface area contributed by atoms with Gasteiger partial charge in [0.1, 0.15) is 0 Å². The molecule has 5 rings (SSSR count). The molecule has 0 aromatic heterocycles. The number of aliphatic hydroxyl groups excluding tert-OH is 1. The topological polar surface area (TPSA) is 47.0 Å². The Morgan fingerprint density at radius 1 is 1.00 bits per heavy atom. The second-order valence-electron chi connectivity index (χ2n) is 8.82. The van der Waals surface area contributed by atoms with E-state index in [2.05, 4.69) is 35.7 Å². The Labute approximate surface area is 178 Å². The highest BCUT2D eigenvalue weighted by Crippen LogP contribution is 2.38. The zero-order valence-corrected chi connectivity index (χ0v) is 17.3. The molecule has 5 nitrogen and oxygen atoms in total. The van der Waals surface area contributed by atoms with E-state index in [0.29, 0.717) is 18.2 Å². The Bertz CT molecular complexity index is 968. The SMILES string of the molecule is C=C1c2ccccc2N(CC2CC2)C(=O)N1C[C@H](O)CN1CCc2ccccc2C1. The molecule has 156 valence electrons. The highest BCUT2D eigenvalue weighted by atomic mass is 16.3. The maximum atomic E-state index is 13.3. The van der Waals surface area contributed by atoms with Crippen molar-refractivity contribution in [2.24, 2.45) is 5.92 Å². The van der Waals surface area contributed by atoms with Crippen LogP contribution in [0.4, 0.5) is 10.5 Å². The highest BCUT2D eigenvalue weighted by Gasteiger charge is 2.37. The Morgan fingerprint density at radius 2 is 1.73 bits per heavy atom. The smallest absolute Gasteiger partial charge is 0.329 e. The van der Waals surface area contributed by atoms with Crippen LogP contribution in [0.25, 0.3) is 5.70 Å². The van der Waals surface area contributed by atoms with Crippen LogP contribution >= 0.6 is 0 Å². The van der Waals surface area contributed by atoms with Crippen molar-refractivity contribution in [2.45, 2.75) is 31.9 Å². The number of aliphatic hydroxyl groups is 1. The minimum atomic E-state index is -0.621. The van der Waals surface area contributed by atoms with Crippen LogP contribution in [-0.2, 0) is 13.0 Å². The second-order valence-corrected chi connectivity index (χ2v) is 8.82. The van der Waals surface area contributed by atoms with Gasteiger partial charge < -0.3 is 5.11 Å². The molecule has 0 saturated heterocycles. The van der Waals surface area contributed by atoms with Crippen molar-refractivity contribution in [1.29, 1.82) is 0 Å². The molecule has 1 atom stereocenters. The summed E-state index contributed by atoms with van der Waals surface area (Å²) in [5, 5.41) is 10.9. The van der Waals surface area contributed by atoms with Gasteiger partial charge in [-0.3, -0.25) is 14.7 Å². The number of hydrogen-bond acceptors (Lipinski definition) is 3. The summed E-state index contributed by atoms with van der Waals surface area (Å²) >= 11 is 0. The van der Waals surface area contributed by atoms with Gasteiger partial charge in [0.05, 0.1) is 18.3 Å². The van der Waals surface area contributed by atoms with Crippen LogP contribution in [-0.4, -0.2) is 53.2 Å². The van der Waals surface area contributed by atoms with E-state index < -0.39 is 6.10 Å². The normalized spacial score (nSPS) is 20.2. The van der Waals surface area contributed by atoms with Gasteiger partial charge >= 0.3 is 6.03 Å². The predicted molar refractivity (Wildman–Crippen MR) is 119 cm³/mol. The largest absolute Gasteiger partial charge is 0.390 e. The summed E-state index contributed by atoms with van der Waals surface area (Å²) in [5.41, 5.74) is 5.34. The third-order valence-electron chi connectivity index (χ3n) is 6.50. The molecule has 0 spiro atoms. The average Bonchev–Trinajstić information content (AvgIpc) is 3.58. The van der Waals surface area contributed by atoms with E-state index in [1.807, 2.05) is 29.2 Å². The number of benzene rings is 2. The van der Waals surface area contributed by atoms with Crippen LogP contribution in [0.3, 0.4) is 0 Å². The zero-order chi connectivity index (χ0) is 20.7. The van der Waals surface area contributed by atoms with Crippen molar-refractivity contribution >= 4 is 17.4 Å². The molecule has 1 saturated carbocycles. The molecule has 1 aliphatic carbocycles. The summed E-state index contributed by atoms with van der Waals surface area (Å²) in [6.07, 6.45) is 2.75. The van der Waals surface area contributed by atoms with Crippen molar-refractivity contribution in [2.75, 3.05) is 31.1 Å². The number of amides is 2. The lowest BCUT2D eigenvalue weighted by molar-refractivity contribution is 0.0892. The molecule has 0 unspecified atom stereocenters. The predicted octanol–water partition coefficient (Wildman–Crippen LogP) is 3.73. The quantitative estimate of drug-likeness (QED) is 0.800. The van der Waals surface area contributed by atoms with Crippen LogP contribution in [0, 0.1) is 5.92 Å². The van der Waals surface area contributed by atoms with E-state index in [1.165, 1.54) is 24.0 Å². The van der Waals surface area contributed by atoms with Gasteiger partial charge in [0.25, 0.3) is 0 Å². The fourth-order valence-corrected chi connectivity index (χ4v) is 4.66. The number of para-hydroxylation sites is 1. The van der Waals surface area contributed by atoms with Crippen LogP contribution in [0.15, 0.2) is 55.1 Å². The van der Waals surface area contributed by atoms with Crippen LogP contribution in [0.1, 0.15) is 29.5 Å². The van der Waals surface area contributed by atoms with Gasteiger partial charge in [0.2, 0.25) is 0 Å². The second kappa shape index (κ2) is 7.89. The van der Waals surface area contributed by atoms with Gasteiger partial charge in [-0.25, -0.2) is 4.79 Å². The molecule has 2 aromatic carbocycles. The minimum absolute atomic E-state index is 0.0614. The van der Waals surface area contributed by atoms with Gasteiger partial charge in [-0.2, -0.15) is 0 Å². The van der Waals surface area contributed by atoms with E-state index in [4.69, 9.17) is 0 Å². The van der Waals surface area contributed by atoms with Crippen molar-refractivity contribution in [3.8, 4) is 0 Å². The molecular formula is C25H29N3O2. The van der Waals surface area contributed by atoms with Crippen LogP contribution in [0.2, 0.25) is 0 Å². The zero-order valence-electron chi connectivity index (χ0n) is 17.3. The number of rotatable bonds is 6. The first-order valence-corrected chi connectivity index (χ1v) is 10.9. The number of fused-ring (bicyclic) bond motifs is 2. The Hall–Kier alpha value is -2.63. The average molecular weight is 404 g/mol. The fraction of sp³-hybridized carbons (Fsp3) is 0.400. The van der Waals surface area contributed by atoms with Gasteiger partial charge in [-0.05, 0) is 42.4 Å². The summed E-state index contributed by atoms with van der Waals surface area (Å²) in [4.78, 5) is 19.2. The molecule has 5 heteroatoms. The fourth-order valence-electron chi connectivity index (χ4n) is 4.66. The molecule has 3 aliphatic rings. The van der Waals surface area contributed by atoms with Gasteiger partial charge in [-0.15, -0.1) is 0 Å². The first-order valence-electron chi connectivity index (χ1n) is 10.9. The molecule has 1 N–H and O–H groups in total. The van der Waals surface area contributed by atoms with Crippen molar-refractivity contribution in [1.82, 2.24) is 9.80 Å². The molecule has 1 fully saturated rings. The van der Waals surface area contributed by atoms with E-state index in [0.717, 1.165) is 37.3 Å². The number of anilines is 1. The number of carbonyl (C=O) groups is 1. The van der Waals surface area contributed by atoms with Gasteiger partial charge in [0, 0.05) is 37.4 Å². The monoisotopic (exact) mass is 403 g/mol. The standard InChI is InChI=1S/C25H29N3O2/c1-18-23-8-4-5-9-24(23)28(14-19-10-11-19)25(30)27(18)17-22(29)16-26-13-12-20-6-2-3-7-21(20)15-26/h2-9,19,22,29H,1,10-17H2/t22-/m1/s1. The molecule has 2 aliphatic heterocycles. The number of urea groups is 1. The van der Waals surface area contributed by atoms with E-state index in [-0.39, 0.29) is 12.6 Å². The van der Waals surface area contributed by atoms with Crippen molar-refractivity contribution < 1.29 is 9.90 Å². The Morgan fingerprint density at radius 3 is 2.53 bits per heavy atom. The van der Waals surface area contributed by atoms with Gasteiger partial charge in [-0.1, -0.05) is 49.0 Å². The lowest BCUT2D eigenvalue weighted by Crippen LogP contribution is -2.51. The highest BCUT2D eigenvalue weighted by molar-refractivity contribution is 6.04. The molecule has 2 aromatic rings. The molecule has 30 heavy (non-hydrogen) atoms. The molecule has 2 heterocycles. The number of carbonyl (C=O) groups excluding carboxylic acids is 1. The lowest BCUT2D eigenvalue weighted by Gasteiger charge is -2.40. The third-order valence-corrected chi connectivity index (χ3v) is 6.50. The maximum Gasteiger partial charge on any atom is 0.329 e. The van der Waals surface area contributed by atoms with Crippen LogP contribution in [0.5, 0.6) is 0 Å². The third kappa shape index (κ3) is 3.75. The molecule has 0 radical (unpaired) electrons. The number of hydrogen-bond donors (Lipinski definition) is 1. The summed E-state index contributed by atoms with van der Waals surface area (Å²) in [6.45, 7) is 7.55. The van der Waals surface area contributed by atoms with E-state index >= 15 is 0 Å². The molecular weight excluding hydrogens is 374 g/mol. The minimum Gasteiger partial charge on any atom is -0.390 e. The lowest BCUT2D eigenvalue weighted by atomic mass is 9.99. The summed E-state index contributed by atoms with van der Waals surface area (Å²) in [7, 11) is 0. The van der Waals surface area contributed by atoms with Crippen molar-refractivity contribution in [3.63, 3.8) is 0 Å².